The highest BCUT2D eigenvalue weighted by Gasteiger charge is 2.33. The summed E-state index contributed by atoms with van der Waals surface area (Å²) >= 11 is 0. The Kier molecular flexibility index (Phi) is 5.44. The average molecular weight is 277 g/mol. The van der Waals surface area contributed by atoms with Crippen molar-refractivity contribution in [1.82, 2.24) is 5.32 Å². The van der Waals surface area contributed by atoms with Gasteiger partial charge >= 0.3 is 0 Å². The Morgan fingerprint density at radius 2 is 1.95 bits per heavy atom. The van der Waals surface area contributed by atoms with Gasteiger partial charge in [0.1, 0.15) is 5.75 Å². The summed E-state index contributed by atoms with van der Waals surface area (Å²) in [6.07, 6.45) is 3.29. The maximum absolute atomic E-state index is 5.57. The fourth-order valence-corrected chi connectivity index (χ4v) is 2.89. The van der Waals surface area contributed by atoms with Crippen molar-refractivity contribution in [3.8, 4) is 5.75 Å². The average Bonchev–Trinajstić information content (AvgIpc) is 2.47. The Hall–Kier alpha value is -1.06. The lowest BCUT2D eigenvalue weighted by atomic mass is 9.75. The van der Waals surface area contributed by atoms with Crippen LogP contribution in [0.3, 0.4) is 0 Å². The second kappa shape index (κ2) is 7.09. The van der Waals surface area contributed by atoms with Crippen LogP contribution < -0.4 is 10.1 Å². The topological polar surface area (TPSA) is 30.5 Å². The maximum atomic E-state index is 5.57. The molecule has 0 saturated carbocycles. The Labute approximate surface area is 122 Å². The lowest BCUT2D eigenvalue weighted by Crippen LogP contribution is -2.42. The van der Waals surface area contributed by atoms with Gasteiger partial charge in [-0.05, 0) is 36.3 Å². The predicted molar refractivity (Wildman–Crippen MR) is 82.3 cm³/mol. The fraction of sp³-hybridized carbons (Fsp3) is 0.647. The highest BCUT2D eigenvalue weighted by Crippen LogP contribution is 2.36. The van der Waals surface area contributed by atoms with Gasteiger partial charge in [-0.3, -0.25) is 0 Å². The third-order valence-electron chi connectivity index (χ3n) is 4.20. The molecule has 0 unspecified atom stereocenters. The Balaban J connectivity index is 2.14. The summed E-state index contributed by atoms with van der Waals surface area (Å²) in [5, 5.41) is 3.62. The summed E-state index contributed by atoms with van der Waals surface area (Å²) in [6.45, 7) is 7.20. The smallest absolute Gasteiger partial charge is 0.122 e. The van der Waals surface area contributed by atoms with Crippen molar-refractivity contribution in [2.75, 3.05) is 26.9 Å². The zero-order valence-corrected chi connectivity index (χ0v) is 12.9. The largest absolute Gasteiger partial charge is 0.496 e. The Bertz CT molecular complexity index is 411. The minimum atomic E-state index is 0.289. The third kappa shape index (κ3) is 3.97. The van der Waals surface area contributed by atoms with E-state index in [1.807, 2.05) is 6.07 Å². The van der Waals surface area contributed by atoms with Gasteiger partial charge in [-0.15, -0.1) is 0 Å². The molecule has 2 rings (SSSR count). The van der Waals surface area contributed by atoms with E-state index >= 15 is 0 Å². The molecule has 0 atom stereocenters. The summed E-state index contributed by atoms with van der Waals surface area (Å²) in [5.74, 6) is 1.00. The van der Waals surface area contributed by atoms with E-state index in [9.17, 15) is 0 Å². The summed E-state index contributed by atoms with van der Waals surface area (Å²) in [7, 11) is 1.75. The number of nitrogens with one attached hydrogen (secondary N) is 1. The SMILES string of the molecule is COc1ccccc1CC1(CNC(C)C)CCOCC1. The van der Waals surface area contributed by atoms with Crippen LogP contribution in [0.1, 0.15) is 32.3 Å². The van der Waals surface area contributed by atoms with Crippen LogP contribution in [-0.4, -0.2) is 32.9 Å². The maximum Gasteiger partial charge on any atom is 0.122 e. The minimum Gasteiger partial charge on any atom is -0.496 e. The summed E-state index contributed by atoms with van der Waals surface area (Å²) < 4.78 is 11.1. The monoisotopic (exact) mass is 277 g/mol. The molecule has 3 nitrogen and oxygen atoms in total. The fourth-order valence-electron chi connectivity index (χ4n) is 2.89. The lowest BCUT2D eigenvalue weighted by molar-refractivity contribution is 0.0138. The van der Waals surface area contributed by atoms with Crippen molar-refractivity contribution in [2.24, 2.45) is 5.41 Å². The van der Waals surface area contributed by atoms with Gasteiger partial charge in [0.05, 0.1) is 7.11 Å². The molecule has 0 amide bonds. The Morgan fingerprint density at radius 3 is 2.60 bits per heavy atom. The first-order chi connectivity index (χ1) is 9.65. The van der Waals surface area contributed by atoms with E-state index in [4.69, 9.17) is 9.47 Å². The molecule has 0 bridgehead atoms. The van der Waals surface area contributed by atoms with Crippen molar-refractivity contribution >= 4 is 0 Å². The molecule has 1 heterocycles. The molecule has 1 saturated heterocycles. The molecule has 20 heavy (non-hydrogen) atoms. The van der Waals surface area contributed by atoms with Crippen molar-refractivity contribution in [2.45, 2.75) is 39.2 Å². The summed E-state index contributed by atoms with van der Waals surface area (Å²) in [5.41, 5.74) is 1.60. The molecule has 1 N–H and O–H groups in total. The molecule has 0 aromatic heterocycles. The van der Waals surface area contributed by atoms with E-state index in [-0.39, 0.29) is 5.41 Å². The first-order valence-electron chi connectivity index (χ1n) is 7.58. The molecule has 0 aliphatic carbocycles. The second-order valence-electron chi connectivity index (χ2n) is 6.14. The molecule has 1 aromatic rings. The van der Waals surface area contributed by atoms with Crippen molar-refractivity contribution < 1.29 is 9.47 Å². The number of methoxy groups -OCH3 is 1. The lowest BCUT2D eigenvalue weighted by Gasteiger charge is -2.38. The van der Waals surface area contributed by atoms with E-state index in [1.54, 1.807) is 7.11 Å². The van der Waals surface area contributed by atoms with Crippen LogP contribution in [0.4, 0.5) is 0 Å². The third-order valence-corrected chi connectivity index (χ3v) is 4.20. The zero-order chi connectivity index (χ0) is 14.4. The van der Waals surface area contributed by atoms with Gasteiger partial charge in [-0.2, -0.15) is 0 Å². The van der Waals surface area contributed by atoms with Gasteiger partial charge < -0.3 is 14.8 Å². The highest BCUT2D eigenvalue weighted by molar-refractivity contribution is 5.34. The van der Waals surface area contributed by atoms with Crippen LogP contribution >= 0.6 is 0 Å². The number of ether oxygens (including phenoxy) is 2. The molecule has 112 valence electrons. The van der Waals surface area contributed by atoms with Crippen molar-refractivity contribution in [3.05, 3.63) is 29.8 Å². The van der Waals surface area contributed by atoms with E-state index in [0.717, 1.165) is 44.8 Å². The number of rotatable bonds is 6. The van der Waals surface area contributed by atoms with Crippen LogP contribution in [0.15, 0.2) is 24.3 Å². The van der Waals surface area contributed by atoms with E-state index in [2.05, 4.69) is 37.4 Å². The highest BCUT2D eigenvalue weighted by atomic mass is 16.5. The van der Waals surface area contributed by atoms with Gasteiger partial charge in [0.15, 0.2) is 0 Å². The molecule has 1 fully saturated rings. The first-order valence-corrected chi connectivity index (χ1v) is 7.58. The minimum absolute atomic E-state index is 0.289. The van der Waals surface area contributed by atoms with Gasteiger partial charge in [0.25, 0.3) is 0 Å². The predicted octanol–water partition coefficient (Wildman–Crippen LogP) is 3.03. The van der Waals surface area contributed by atoms with E-state index < -0.39 is 0 Å². The number of hydrogen-bond acceptors (Lipinski definition) is 3. The van der Waals surface area contributed by atoms with Crippen molar-refractivity contribution in [3.63, 3.8) is 0 Å². The van der Waals surface area contributed by atoms with Gasteiger partial charge in [-0.25, -0.2) is 0 Å². The zero-order valence-electron chi connectivity index (χ0n) is 12.9. The van der Waals surface area contributed by atoms with Crippen LogP contribution in [0.2, 0.25) is 0 Å². The van der Waals surface area contributed by atoms with Gasteiger partial charge in [0, 0.05) is 25.8 Å². The van der Waals surface area contributed by atoms with Crippen LogP contribution in [-0.2, 0) is 11.2 Å². The number of hydrogen-bond donors (Lipinski definition) is 1. The molecule has 1 aliphatic rings. The Morgan fingerprint density at radius 1 is 1.25 bits per heavy atom. The van der Waals surface area contributed by atoms with Gasteiger partial charge in [-0.1, -0.05) is 32.0 Å². The molecular formula is C17H27NO2. The molecular weight excluding hydrogens is 250 g/mol. The van der Waals surface area contributed by atoms with E-state index in [0.29, 0.717) is 6.04 Å². The summed E-state index contributed by atoms with van der Waals surface area (Å²) in [4.78, 5) is 0. The van der Waals surface area contributed by atoms with Gasteiger partial charge in [0.2, 0.25) is 0 Å². The summed E-state index contributed by atoms with van der Waals surface area (Å²) in [6, 6.07) is 8.89. The molecule has 3 heteroatoms. The molecule has 1 aromatic carbocycles. The van der Waals surface area contributed by atoms with E-state index in [1.165, 1.54) is 5.56 Å². The molecule has 0 radical (unpaired) electrons. The van der Waals surface area contributed by atoms with Crippen LogP contribution in [0.5, 0.6) is 5.75 Å². The van der Waals surface area contributed by atoms with Crippen LogP contribution in [0.25, 0.3) is 0 Å². The standard InChI is InChI=1S/C17H27NO2/c1-14(2)18-13-17(8-10-20-11-9-17)12-15-6-4-5-7-16(15)19-3/h4-7,14,18H,8-13H2,1-3H3. The molecule has 1 aliphatic heterocycles. The van der Waals surface area contributed by atoms with Crippen LogP contribution in [0, 0.1) is 5.41 Å². The first kappa shape index (κ1) is 15.3. The number of benzene rings is 1. The number of para-hydroxylation sites is 1. The quantitative estimate of drug-likeness (QED) is 0.867. The normalized spacial score (nSPS) is 18.2. The van der Waals surface area contributed by atoms with Crippen molar-refractivity contribution in [1.29, 1.82) is 0 Å². The molecule has 0 spiro atoms. The second-order valence-corrected chi connectivity index (χ2v) is 6.14.